The number of halogens is 1. The minimum Gasteiger partial charge on any atom is -0.374 e. The van der Waals surface area contributed by atoms with Crippen molar-refractivity contribution in [1.82, 2.24) is 9.62 Å². The number of rotatable bonds is 7. The summed E-state index contributed by atoms with van der Waals surface area (Å²) in [4.78, 5) is 16.7. The Hall–Kier alpha value is -1.77. The smallest absolute Gasteiger partial charge is 0.241 e. The Morgan fingerprint density at radius 1 is 1.21 bits per heavy atom. The van der Waals surface area contributed by atoms with E-state index in [2.05, 4.69) is 21.5 Å². The van der Waals surface area contributed by atoms with Gasteiger partial charge in [-0.2, -0.15) is 0 Å². The molecule has 2 N–H and O–H groups in total. The molecule has 0 aliphatic carbocycles. The molecule has 2 fully saturated rings. The summed E-state index contributed by atoms with van der Waals surface area (Å²) in [6.45, 7) is 6.56. The Morgan fingerprint density at radius 3 is 2.54 bits per heavy atom. The number of sulfonamides is 1. The van der Waals surface area contributed by atoms with Crippen LogP contribution >= 0.6 is 11.6 Å². The van der Waals surface area contributed by atoms with Gasteiger partial charge in [0.05, 0.1) is 17.9 Å². The standard InChI is InChI=1S/C19H27ClN4O3S/c1-2-28(26,27)22-16-7-11-24(12-8-16)19(25)14-21-17-6-5-15(20)13-18(17)23-9-3-4-10-23/h2,5-6,13,16,21-22H,1,3-4,7-12,14H2. The van der Waals surface area contributed by atoms with E-state index in [1.807, 2.05) is 18.2 Å². The lowest BCUT2D eigenvalue weighted by Crippen LogP contribution is -2.47. The van der Waals surface area contributed by atoms with Crippen LogP contribution in [0.15, 0.2) is 30.2 Å². The molecular weight excluding hydrogens is 400 g/mol. The molecule has 1 aromatic carbocycles. The number of amides is 1. The summed E-state index contributed by atoms with van der Waals surface area (Å²) in [7, 11) is -3.44. The van der Waals surface area contributed by atoms with Crippen molar-refractivity contribution in [3.05, 3.63) is 35.2 Å². The van der Waals surface area contributed by atoms with Gasteiger partial charge in [0, 0.05) is 42.7 Å². The molecule has 0 saturated carbocycles. The molecule has 0 radical (unpaired) electrons. The molecule has 2 aliphatic rings. The predicted octanol–water partition coefficient (Wildman–Crippen LogP) is 2.41. The van der Waals surface area contributed by atoms with Crippen molar-refractivity contribution in [2.75, 3.05) is 42.9 Å². The Bertz CT molecular complexity index is 816. The number of likely N-dealkylation sites (tertiary alicyclic amines) is 1. The zero-order chi connectivity index (χ0) is 20.1. The van der Waals surface area contributed by atoms with Gasteiger partial charge in [0.2, 0.25) is 15.9 Å². The van der Waals surface area contributed by atoms with E-state index < -0.39 is 10.0 Å². The van der Waals surface area contributed by atoms with Crippen molar-refractivity contribution in [3.63, 3.8) is 0 Å². The molecule has 0 spiro atoms. The number of hydrogen-bond donors (Lipinski definition) is 2. The minimum absolute atomic E-state index is 0.00681. The highest BCUT2D eigenvalue weighted by molar-refractivity contribution is 7.92. The third-order valence-corrected chi connectivity index (χ3v) is 6.57. The van der Waals surface area contributed by atoms with Gasteiger partial charge in [-0.3, -0.25) is 4.79 Å². The first-order chi connectivity index (χ1) is 13.4. The SMILES string of the molecule is C=CS(=O)(=O)NC1CCN(C(=O)CNc2ccc(Cl)cc2N2CCCC2)CC1. The lowest BCUT2D eigenvalue weighted by Gasteiger charge is -2.32. The Labute approximate surface area is 171 Å². The van der Waals surface area contributed by atoms with Gasteiger partial charge < -0.3 is 15.1 Å². The van der Waals surface area contributed by atoms with Crippen molar-refractivity contribution in [1.29, 1.82) is 0 Å². The van der Waals surface area contributed by atoms with E-state index in [4.69, 9.17) is 11.6 Å². The van der Waals surface area contributed by atoms with Gasteiger partial charge in [0.25, 0.3) is 0 Å². The molecule has 28 heavy (non-hydrogen) atoms. The van der Waals surface area contributed by atoms with Crippen LogP contribution < -0.4 is 14.9 Å². The Balaban J connectivity index is 1.53. The molecule has 1 aromatic rings. The summed E-state index contributed by atoms with van der Waals surface area (Å²) < 4.78 is 25.7. The molecule has 0 bridgehead atoms. The van der Waals surface area contributed by atoms with Gasteiger partial charge in [-0.25, -0.2) is 13.1 Å². The van der Waals surface area contributed by atoms with E-state index in [-0.39, 0.29) is 18.5 Å². The van der Waals surface area contributed by atoms with E-state index in [1.54, 1.807) is 4.90 Å². The summed E-state index contributed by atoms with van der Waals surface area (Å²) in [6, 6.07) is 5.53. The van der Waals surface area contributed by atoms with Crippen LogP contribution in [0.2, 0.25) is 5.02 Å². The molecule has 154 valence electrons. The number of anilines is 2. The highest BCUT2D eigenvalue weighted by Gasteiger charge is 2.25. The average Bonchev–Trinajstić information content (AvgIpc) is 3.21. The molecule has 2 aliphatic heterocycles. The molecule has 0 unspecified atom stereocenters. The highest BCUT2D eigenvalue weighted by Crippen LogP contribution is 2.31. The summed E-state index contributed by atoms with van der Waals surface area (Å²) in [6.07, 6.45) is 3.52. The molecule has 0 atom stereocenters. The number of piperidine rings is 1. The van der Waals surface area contributed by atoms with Gasteiger partial charge in [0.1, 0.15) is 0 Å². The van der Waals surface area contributed by atoms with E-state index >= 15 is 0 Å². The fourth-order valence-electron chi connectivity index (χ4n) is 3.68. The van der Waals surface area contributed by atoms with Crippen LogP contribution in [0.4, 0.5) is 11.4 Å². The molecule has 7 nitrogen and oxygen atoms in total. The largest absolute Gasteiger partial charge is 0.374 e. The first-order valence-corrected chi connectivity index (χ1v) is 11.5. The number of carbonyl (C=O) groups is 1. The lowest BCUT2D eigenvalue weighted by molar-refractivity contribution is -0.130. The van der Waals surface area contributed by atoms with Crippen molar-refractivity contribution in [2.45, 2.75) is 31.7 Å². The van der Waals surface area contributed by atoms with Crippen LogP contribution in [-0.4, -0.2) is 58.0 Å². The Kier molecular flexibility index (Phi) is 6.85. The highest BCUT2D eigenvalue weighted by atomic mass is 35.5. The third kappa shape index (κ3) is 5.40. The van der Waals surface area contributed by atoms with Crippen LogP contribution in [0, 0.1) is 0 Å². The van der Waals surface area contributed by atoms with E-state index in [0.717, 1.165) is 42.7 Å². The summed E-state index contributed by atoms with van der Waals surface area (Å²) in [5.74, 6) is 0.00681. The summed E-state index contributed by atoms with van der Waals surface area (Å²) in [5.41, 5.74) is 1.95. The summed E-state index contributed by atoms with van der Waals surface area (Å²) >= 11 is 6.17. The van der Waals surface area contributed by atoms with Crippen LogP contribution in [0.1, 0.15) is 25.7 Å². The second-order valence-electron chi connectivity index (χ2n) is 7.19. The molecule has 9 heteroatoms. The van der Waals surface area contributed by atoms with E-state index in [0.29, 0.717) is 31.0 Å². The van der Waals surface area contributed by atoms with Crippen molar-refractivity contribution >= 4 is 38.9 Å². The van der Waals surface area contributed by atoms with Gasteiger partial charge in [0.15, 0.2) is 0 Å². The van der Waals surface area contributed by atoms with Gasteiger partial charge in [-0.1, -0.05) is 18.2 Å². The third-order valence-electron chi connectivity index (χ3n) is 5.23. The van der Waals surface area contributed by atoms with Gasteiger partial charge in [-0.15, -0.1) is 0 Å². The number of hydrogen-bond acceptors (Lipinski definition) is 5. The number of nitrogens with zero attached hydrogens (tertiary/aromatic N) is 2. The maximum atomic E-state index is 12.6. The number of nitrogens with one attached hydrogen (secondary N) is 2. The van der Waals surface area contributed by atoms with E-state index in [1.165, 1.54) is 0 Å². The molecule has 2 saturated heterocycles. The summed E-state index contributed by atoms with van der Waals surface area (Å²) in [5, 5.41) is 4.86. The Morgan fingerprint density at radius 2 is 1.89 bits per heavy atom. The quantitative estimate of drug-likeness (QED) is 0.699. The van der Waals surface area contributed by atoms with Crippen molar-refractivity contribution in [3.8, 4) is 0 Å². The molecule has 3 rings (SSSR count). The first kappa shape index (κ1) is 21.0. The predicted molar refractivity (Wildman–Crippen MR) is 113 cm³/mol. The van der Waals surface area contributed by atoms with Crippen LogP contribution in [-0.2, 0) is 14.8 Å². The second-order valence-corrected chi connectivity index (χ2v) is 9.29. The maximum Gasteiger partial charge on any atom is 0.241 e. The first-order valence-electron chi connectivity index (χ1n) is 9.59. The van der Waals surface area contributed by atoms with Crippen LogP contribution in [0.25, 0.3) is 0 Å². The fraction of sp³-hybridized carbons (Fsp3) is 0.526. The molecule has 0 aromatic heterocycles. The minimum atomic E-state index is -3.44. The average molecular weight is 427 g/mol. The topological polar surface area (TPSA) is 81.8 Å². The van der Waals surface area contributed by atoms with Crippen molar-refractivity contribution in [2.24, 2.45) is 0 Å². The zero-order valence-corrected chi connectivity index (χ0v) is 17.4. The maximum absolute atomic E-state index is 12.6. The van der Waals surface area contributed by atoms with Gasteiger partial charge in [-0.05, 0) is 43.9 Å². The van der Waals surface area contributed by atoms with Crippen LogP contribution in [0.3, 0.4) is 0 Å². The fourth-order valence-corrected chi connectivity index (χ4v) is 4.65. The normalized spacial score (nSPS) is 18.3. The number of benzene rings is 1. The zero-order valence-electron chi connectivity index (χ0n) is 15.9. The van der Waals surface area contributed by atoms with Crippen LogP contribution in [0.5, 0.6) is 0 Å². The molecular formula is C19H27ClN4O3S. The monoisotopic (exact) mass is 426 g/mol. The number of carbonyl (C=O) groups excluding carboxylic acids is 1. The van der Waals surface area contributed by atoms with Gasteiger partial charge >= 0.3 is 0 Å². The lowest BCUT2D eigenvalue weighted by atomic mass is 10.1. The van der Waals surface area contributed by atoms with E-state index in [9.17, 15) is 13.2 Å². The second kappa shape index (κ2) is 9.15. The van der Waals surface area contributed by atoms with Crippen molar-refractivity contribution < 1.29 is 13.2 Å². The molecule has 2 heterocycles. The molecule has 1 amide bonds.